The lowest BCUT2D eigenvalue weighted by Gasteiger charge is -2.08. The summed E-state index contributed by atoms with van der Waals surface area (Å²) in [4.78, 5) is 4.22. The van der Waals surface area contributed by atoms with Gasteiger partial charge in [0.05, 0.1) is 17.6 Å². The first-order chi connectivity index (χ1) is 8.93. The fraction of sp³-hybridized carbons (Fsp3) is 0.308. The molecule has 1 aromatic heterocycles. The number of benzene rings is 1. The van der Waals surface area contributed by atoms with Gasteiger partial charge in [-0.05, 0) is 18.7 Å². The second-order valence-electron chi connectivity index (χ2n) is 4.26. The van der Waals surface area contributed by atoms with Gasteiger partial charge in [0, 0.05) is 24.7 Å². The molecule has 0 atom stereocenters. The molecule has 0 saturated heterocycles. The molecule has 0 aliphatic rings. The number of aryl methyl sites for hydroxylation is 1. The van der Waals surface area contributed by atoms with E-state index in [1.54, 1.807) is 6.33 Å². The highest BCUT2D eigenvalue weighted by molar-refractivity contribution is 5.62. The number of nitrogens with zero attached hydrogens (tertiary/aromatic N) is 2. The van der Waals surface area contributed by atoms with Crippen molar-refractivity contribution in [2.75, 3.05) is 6.54 Å². The van der Waals surface area contributed by atoms with E-state index in [1.165, 1.54) is 12.1 Å². The molecule has 0 radical (unpaired) electrons. The molecule has 0 spiro atoms. The highest BCUT2D eigenvalue weighted by Crippen LogP contribution is 2.31. The van der Waals surface area contributed by atoms with Crippen LogP contribution in [0.5, 0.6) is 0 Å². The van der Waals surface area contributed by atoms with Crippen molar-refractivity contribution in [3.8, 4) is 11.3 Å². The zero-order chi connectivity index (χ0) is 14.0. The maximum atomic E-state index is 12.5. The highest BCUT2D eigenvalue weighted by atomic mass is 19.4. The lowest BCUT2D eigenvalue weighted by atomic mass is 10.1. The normalized spacial score (nSPS) is 11.8. The molecule has 102 valence electrons. The standard InChI is InChI=1S/C13H14F3N3/c1-19-8-18-12(11(19)6-7-17)9-2-4-10(5-3-9)13(14,15)16/h2-5,8H,6-7,17H2,1H3. The summed E-state index contributed by atoms with van der Waals surface area (Å²) in [6.45, 7) is 0.465. The van der Waals surface area contributed by atoms with Crippen LogP contribution in [0.15, 0.2) is 30.6 Å². The van der Waals surface area contributed by atoms with Crippen LogP contribution in [0, 0.1) is 0 Å². The smallest absolute Gasteiger partial charge is 0.337 e. The Balaban J connectivity index is 2.38. The number of halogens is 3. The molecule has 1 heterocycles. The van der Waals surface area contributed by atoms with Gasteiger partial charge in [-0.15, -0.1) is 0 Å². The van der Waals surface area contributed by atoms with E-state index in [0.29, 0.717) is 24.2 Å². The molecule has 1 aromatic carbocycles. The van der Waals surface area contributed by atoms with Gasteiger partial charge in [0.25, 0.3) is 0 Å². The SMILES string of the molecule is Cn1cnc(-c2ccc(C(F)(F)F)cc2)c1CCN. The number of hydrogen-bond donors (Lipinski definition) is 1. The molecule has 3 nitrogen and oxygen atoms in total. The summed E-state index contributed by atoms with van der Waals surface area (Å²) in [5.74, 6) is 0. The quantitative estimate of drug-likeness (QED) is 0.930. The maximum absolute atomic E-state index is 12.5. The van der Waals surface area contributed by atoms with Gasteiger partial charge >= 0.3 is 6.18 Å². The number of rotatable bonds is 3. The number of nitrogens with two attached hydrogens (primary N) is 1. The van der Waals surface area contributed by atoms with Crippen molar-refractivity contribution in [3.05, 3.63) is 41.9 Å². The van der Waals surface area contributed by atoms with Gasteiger partial charge in [0.2, 0.25) is 0 Å². The first-order valence-corrected chi connectivity index (χ1v) is 5.81. The van der Waals surface area contributed by atoms with E-state index in [-0.39, 0.29) is 0 Å². The first-order valence-electron chi connectivity index (χ1n) is 5.81. The van der Waals surface area contributed by atoms with Crippen LogP contribution in [0.1, 0.15) is 11.3 Å². The number of aromatic nitrogens is 2. The van der Waals surface area contributed by atoms with Crippen molar-refractivity contribution in [3.63, 3.8) is 0 Å². The van der Waals surface area contributed by atoms with Gasteiger partial charge in [0.15, 0.2) is 0 Å². The van der Waals surface area contributed by atoms with E-state index in [4.69, 9.17) is 5.73 Å². The van der Waals surface area contributed by atoms with Crippen LogP contribution in [0.3, 0.4) is 0 Å². The monoisotopic (exact) mass is 269 g/mol. The van der Waals surface area contributed by atoms with Crippen LogP contribution in [-0.2, 0) is 19.6 Å². The summed E-state index contributed by atoms with van der Waals surface area (Å²) in [6.07, 6.45) is -2.05. The molecule has 0 amide bonds. The van der Waals surface area contributed by atoms with Crippen molar-refractivity contribution in [1.82, 2.24) is 9.55 Å². The fourth-order valence-electron chi connectivity index (χ4n) is 1.95. The van der Waals surface area contributed by atoms with Crippen LogP contribution in [0.25, 0.3) is 11.3 Å². The first kappa shape index (κ1) is 13.6. The molecule has 2 rings (SSSR count). The molecule has 2 aromatic rings. The summed E-state index contributed by atoms with van der Waals surface area (Å²) in [7, 11) is 1.84. The molecule has 0 unspecified atom stereocenters. The molecular formula is C13H14F3N3. The van der Waals surface area contributed by atoms with E-state index < -0.39 is 11.7 Å². The highest BCUT2D eigenvalue weighted by Gasteiger charge is 2.30. The predicted molar refractivity (Wildman–Crippen MR) is 66.4 cm³/mol. The zero-order valence-corrected chi connectivity index (χ0v) is 10.4. The van der Waals surface area contributed by atoms with Gasteiger partial charge in [-0.1, -0.05) is 12.1 Å². The molecule has 0 fully saturated rings. The van der Waals surface area contributed by atoms with Crippen LogP contribution >= 0.6 is 0 Å². The van der Waals surface area contributed by atoms with Crippen LogP contribution in [-0.4, -0.2) is 16.1 Å². The molecule has 0 aliphatic heterocycles. The predicted octanol–water partition coefficient (Wildman–Crippen LogP) is 2.61. The third-order valence-corrected chi connectivity index (χ3v) is 2.93. The van der Waals surface area contributed by atoms with Crippen LogP contribution in [0.2, 0.25) is 0 Å². The number of imidazole rings is 1. The van der Waals surface area contributed by atoms with Crippen LogP contribution in [0.4, 0.5) is 13.2 Å². The largest absolute Gasteiger partial charge is 0.416 e. The number of hydrogen-bond acceptors (Lipinski definition) is 2. The molecule has 0 bridgehead atoms. The maximum Gasteiger partial charge on any atom is 0.416 e. The molecule has 6 heteroatoms. The van der Waals surface area contributed by atoms with E-state index in [1.807, 2.05) is 11.6 Å². The van der Waals surface area contributed by atoms with E-state index in [9.17, 15) is 13.2 Å². The Morgan fingerprint density at radius 3 is 2.37 bits per heavy atom. The van der Waals surface area contributed by atoms with Gasteiger partial charge in [-0.2, -0.15) is 13.2 Å². The second kappa shape index (κ2) is 5.05. The average Bonchev–Trinajstić information content (AvgIpc) is 2.71. The number of alkyl halides is 3. The molecule has 0 saturated carbocycles. The Morgan fingerprint density at radius 1 is 1.21 bits per heavy atom. The molecule has 0 aliphatic carbocycles. The summed E-state index contributed by atoms with van der Waals surface area (Å²) in [5, 5.41) is 0. The van der Waals surface area contributed by atoms with E-state index in [2.05, 4.69) is 4.98 Å². The summed E-state index contributed by atoms with van der Waals surface area (Å²) in [5.41, 5.74) is 7.13. The van der Waals surface area contributed by atoms with Crippen molar-refractivity contribution >= 4 is 0 Å². The third-order valence-electron chi connectivity index (χ3n) is 2.93. The Hall–Kier alpha value is -1.82. The third kappa shape index (κ3) is 2.78. The van der Waals surface area contributed by atoms with Crippen LogP contribution < -0.4 is 5.73 Å². The van der Waals surface area contributed by atoms with E-state index >= 15 is 0 Å². The minimum absolute atomic E-state index is 0.465. The topological polar surface area (TPSA) is 43.8 Å². The molecular weight excluding hydrogens is 255 g/mol. The van der Waals surface area contributed by atoms with Gasteiger partial charge < -0.3 is 10.3 Å². The Morgan fingerprint density at radius 2 is 1.84 bits per heavy atom. The zero-order valence-electron chi connectivity index (χ0n) is 10.4. The minimum atomic E-state index is -4.32. The van der Waals surface area contributed by atoms with Crippen molar-refractivity contribution in [2.45, 2.75) is 12.6 Å². The summed E-state index contributed by atoms with van der Waals surface area (Å²) < 4.78 is 39.3. The fourth-order valence-corrected chi connectivity index (χ4v) is 1.95. The molecule has 2 N–H and O–H groups in total. The van der Waals surface area contributed by atoms with Gasteiger partial charge in [-0.3, -0.25) is 0 Å². The van der Waals surface area contributed by atoms with Crippen molar-refractivity contribution in [2.24, 2.45) is 12.8 Å². The van der Waals surface area contributed by atoms with E-state index in [0.717, 1.165) is 17.8 Å². The van der Waals surface area contributed by atoms with Crippen molar-refractivity contribution in [1.29, 1.82) is 0 Å². The summed E-state index contributed by atoms with van der Waals surface area (Å²) >= 11 is 0. The van der Waals surface area contributed by atoms with Gasteiger partial charge in [-0.25, -0.2) is 4.98 Å². The average molecular weight is 269 g/mol. The molecule has 19 heavy (non-hydrogen) atoms. The van der Waals surface area contributed by atoms with Crippen molar-refractivity contribution < 1.29 is 13.2 Å². The Kier molecular flexibility index (Phi) is 3.61. The minimum Gasteiger partial charge on any atom is -0.337 e. The lowest BCUT2D eigenvalue weighted by Crippen LogP contribution is -2.07. The van der Waals surface area contributed by atoms with Gasteiger partial charge in [0.1, 0.15) is 0 Å². The Bertz CT molecular complexity index is 556. The summed E-state index contributed by atoms with van der Waals surface area (Å²) in [6, 6.07) is 5.00. The lowest BCUT2D eigenvalue weighted by molar-refractivity contribution is -0.137. The second-order valence-corrected chi connectivity index (χ2v) is 4.26. The Labute approximate surface area is 108 Å².